The van der Waals surface area contributed by atoms with Gasteiger partial charge in [0, 0.05) is 0 Å². The van der Waals surface area contributed by atoms with Gasteiger partial charge >= 0.3 is 0 Å². The fraction of sp³-hybridized carbons (Fsp3) is 0. The van der Waals surface area contributed by atoms with Crippen molar-refractivity contribution in [3.05, 3.63) is 206 Å². The predicted molar refractivity (Wildman–Crippen MR) is 214 cm³/mol. The Kier molecular flexibility index (Phi) is 7.61. The molecule has 0 aliphatic carbocycles. The van der Waals surface area contributed by atoms with Crippen LogP contribution in [0.5, 0.6) is 0 Å². The number of fused-ring (bicyclic) bond motifs is 3. The van der Waals surface area contributed by atoms with Crippen LogP contribution in [-0.4, -0.2) is 0 Å². The summed E-state index contributed by atoms with van der Waals surface area (Å²) in [4.78, 5) is 0. The zero-order valence-corrected chi connectivity index (χ0v) is 27.6. The second kappa shape index (κ2) is 12.8. The van der Waals surface area contributed by atoms with Crippen molar-refractivity contribution in [2.24, 2.45) is 0 Å². The zero-order chi connectivity index (χ0) is 33.3. The van der Waals surface area contributed by atoms with Crippen LogP contribution in [0.2, 0.25) is 0 Å². The van der Waals surface area contributed by atoms with Crippen molar-refractivity contribution < 1.29 is 0 Å². The minimum Gasteiger partial charge on any atom is -0.0622 e. The Morgan fingerprint density at radius 2 is 0.500 bits per heavy atom. The molecule has 9 aromatic carbocycles. The molecular weight excluding hydrogens is 601 g/mol. The van der Waals surface area contributed by atoms with Crippen molar-refractivity contribution in [1.82, 2.24) is 0 Å². The Labute approximate surface area is 293 Å². The highest BCUT2D eigenvalue weighted by atomic mass is 14.2. The Morgan fingerprint density at radius 3 is 0.800 bits per heavy atom. The van der Waals surface area contributed by atoms with Crippen molar-refractivity contribution in [2.75, 3.05) is 0 Å². The molecule has 0 heterocycles. The maximum Gasteiger partial charge on any atom is -0.00266 e. The van der Waals surface area contributed by atoms with Gasteiger partial charge in [0.15, 0.2) is 0 Å². The highest BCUT2D eigenvalue weighted by Gasteiger charge is 2.17. The molecule has 0 aromatic heterocycles. The molecule has 0 radical (unpaired) electrons. The molecule has 0 bridgehead atoms. The molecule has 9 rings (SSSR count). The topological polar surface area (TPSA) is 0 Å². The van der Waals surface area contributed by atoms with E-state index in [2.05, 4.69) is 206 Å². The first-order chi connectivity index (χ1) is 24.8. The molecule has 50 heavy (non-hydrogen) atoms. The highest BCUT2D eigenvalue weighted by Crippen LogP contribution is 2.44. The van der Waals surface area contributed by atoms with Crippen LogP contribution in [-0.2, 0) is 0 Å². The lowest BCUT2D eigenvalue weighted by molar-refractivity contribution is 1.56. The molecule has 0 saturated heterocycles. The molecule has 0 saturated carbocycles. The van der Waals surface area contributed by atoms with Crippen LogP contribution in [0, 0.1) is 0 Å². The summed E-state index contributed by atoms with van der Waals surface area (Å²) in [5, 5.41) is 4.99. The van der Waals surface area contributed by atoms with Gasteiger partial charge in [-0.1, -0.05) is 194 Å². The largest absolute Gasteiger partial charge is 0.0622 e. The van der Waals surface area contributed by atoms with Gasteiger partial charge in [0.2, 0.25) is 0 Å². The molecule has 0 N–H and O–H groups in total. The maximum atomic E-state index is 2.37. The number of hydrogen-bond acceptors (Lipinski definition) is 0. The van der Waals surface area contributed by atoms with Crippen LogP contribution in [0.15, 0.2) is 206 Å². The van der Waals surface area contributed by atoms with E-state index in [1.54, 1.807) is 0 Å². The van der Waals surface area contributed by atoms with Crippen molar-refractivity contribution in [3.63, 3.8) is 0 Å². The third-order valence-electron chi connectivity index (χ3n) is 9.88. The fourth-order valence-electron chi connectivity index (χ4n) is 7.54. The minimum absolute atomic E-state index is 1.22. The number of benzene rings is 9. The van der Waals surface area contributed by atoms with Crippen LogP contribution in [0.3, 0.4) is 0 Å². The van der Waals surface area contributed by atoms with Gasteiger partial charge in [0.25, 0.3) is 0 Å². The van der Waals surface area contributed by atoms with Crippen molar-refractivity contribution in [2.45, 2.75) is 0 Å². The van der Waals surface area contributed by atoms with Crippen LogP contribution in [0.4, 0.5) is 0 Å². The van der Waals surface area contributed by atoms with Crippen LogP contribution >= 0.6 is 0 Å². The molecule has 0 aliphatic heterocycles. The summed E-state index contributed by atoms with van der Waals surface area (Å²) in [5.74, 6) is 0. The second-order valence-corrected chi connectivity index (χ2v) is 12.9. The van der Waals surface area contributed by atoms with E-state index in [9.17, 15) is 0 Å². The molecule has 0 nitrogen and oxygen atoms in total. The van der Waals surface area contributed by atoms with E-state index in [-0.39, 0.29) is 0 Å². The summed E-state index contributed by atoms with van der Waals surface area (Å²) >= 11 is 0. The molecular formula is C50H34. The monoisotopic (exact) mass is 634 g/mol. The van der Waals surface area contributed by atoms with Crippen molar-refractivity contribution in [3.8, 4) is 66.8 Å². The molecule has 0 atom stereocenters. The Hall–Kier alpha value is -6.50. The van der Waals surface area contributed by atoms with E-state index in [1.165, 1.54) is 88.3 Å². The van der Waals surface area contributed by atoms with E-state index < -0.39 is 0 Å². The van der Waals surface area contributed by atoms with Gasteiger partial charge in [-0.25, -0.2) is 0 Å². The summed E-state index contributed by atoms with van der Waals surface area (Å²) in [6.07, 6.45) is 0. The van der Waals surface area contributed by atoms with Crippen LogP contribution in [0.1, 0.15) is 0 Å². The third kappa shape index (κ3) is 5.38. The number of hydrogen-bond donors (Lipinski definition) is 0. The maximum absolute atomic E-state index is 2.37. The van der Waals surface area contributed by atoms with Gasteiger partial charge < -0.3 is 0 Å². The molecule has 0 aliphatic rings. The number of rotatable bonds is 6. The summed E-state index contributed by atoms with van der Waals surface area (Å²) in [5.41, 5.74) is 14.8. The van der Waals surface area contributed by atoms with E-state index in [1.807, 2.05) is 0 Å². The lowest BCUT2D eigenvalue weighted by atomic mass is 9.85. The highest BCUT2D eigenvalue weighted by molar-refractivity contribution is 6.11. The summed E-state index contributed by atoms with van der Waals surface area (Å²) < 4.78 is 0. The Morgan fingerprint density at radius 1 is 0.200 bits per heavy atom. The standard InChI is InChI=1S/C50H34/c1-5-15-35(16-6-1)45-23-13-24-46(36-17-7-2-8-18-36)49(45)41-29-31-43-39(33-41)27-28-40-34-42(30-32-44(40)43)50-47(37-19-9-3-10-20-37)25-14-26-48(50)38-21-11-4-12-22-38/h1-34H. The van der Waals surface area contributed by atoms with Crippen molar-refractivity contribution in [1.29, 1.82) is 0 Å². The first-order valence-electron chi connectivity index (χ1n) is 17.3. The van der Waals surface area contributed by atoms with E-state index >= 15 is 0 Å². The molecule has 0 spiro atoms. The molecule has 234 valence electrons. The lowest BCUT2D eigenvalue weighted by Crippen LogP contribution is -1.92. The second-order valence-electron chi connectivity index (χ2n) is 12.9. The first-order valence-corrected chi connectivity index (χ1v) is 17.3. The van der Waals surface area contributed by atoms with Gasteiger partial charge in [-0.3, -0.25) is 0 Å². The third-order valence-corrected chi connectivity index (χ3v) is 9.88. The van der Waals surface area contributed by atoms with Gasteiger partial charge in [-0.05, 0) is 100 Å². The average molecular weight is 635 g/mol. The molecule has 9 aromatic rings. The Balaban J connectivity index is 1.21. The minimum atomic E-state index is 1.22. The predicted octanol–water partition coefficient (Wildman–Crippen LogP) is 14.0. The smallest absolute Gasteiger partial charge is 0.00266 e. The van der Waals surface area contributed by atoms with Gasteiger partial charge in [-0.2, -0.15) is 0 Å². The lowest BCUT2D eigenvalue weighted by Gasteiger charge is -2.18. The molecule has 0 unspecified atom stereocenters. The molecule has 0 heteroatoms. The quantitative estimate of drug-likeness (QED) is 0.160. The molecule has 0 amide bonds. The van der Waals surface area contributed by atoms with E-state index in [0.29, 0.717) is 0 Å². The van der Waals surface area contributed by atoms with Crippen molar-refractivity contribution >= 4 is 21.5 Å². The SMILES string of the molecule is c1ccc(-c2cccc(-c3ccccc3)c2-c2ccc3c(ccc4cc(-c5c(-c6ccccc6)cccc5-c5ccccc5)ccc43)c2)cc1. The van der Waals surface area contributed by atoms with E-state index in [4.69, 9.17) is 0 Å². The summed E-state index contributed by atoms with van der Waals surface area (Å²) in [7, 11) is 0. The fourth-order valence-corrected chi connectivity index (χ4v) is 7.54. The molecule has 0 fully saturated rings. The average Bonchev–Trinajstić information content (AvgIpc) is 3.21. The van der Waals surface area contributed by atoms with Gasteiger partial charge in [0.1, 0.15) is 0 Å². The zero-order valence-electron chi connectivity index (χ0n) is 27.6. The van der Waals surface area contributed by atoms with Gasteiger partial charge in [-0.15, -0.1) is 0 Å². The Bertz CT molecular complexity index is 2300. The normalized spacial score (nSPS) is 11.2. The summed E-state index contributed by atoms with van der Waals surface area (Å²) in [6.45, 7) is 0. The first kappa shape index (κ1) is 29.6. The van der Waals surface area contributed by atoms with Crippen LogP contribution < -0.4 is 0 Å². The summed E-state index contributed by atoms with van der Waals surface area (Å²) in [6, 6.07) is 74.9. The van der Waals surface area contributed by atoms with Gasteiger partial charge in [0.05, 0.1) is 0 Å². The van der Waals surface area contributed by atoms with E-state index in [0.717, 1.165) is 0 Å². The van der Waals surface area contributed by atoms with Crippen LogP contribution in [0.25, 0.3) is 88.3 Å².